The summed E-state index contributed by atoms with van der Waals surface area (Å²) in [5, 5.41) is 10.5. The molecule has 1 heterocycles. The Bertz CT molecular complexity index is 1570. The Balaban J connectivity index is 1.42. The molecular weight excluding hydrogens is 476 g/mol. The van der Waals surface area contributed by atoms with Crippen LogP contribution in [0.5, 0.6) is 11.5 Å². The van der Waals surface area contributed by atoms with Crippen LogP contribution in [0.25, 0.3) is 0 Å². The molecule has 0 aliphatic rings. The van der Waals surface area contributed by atoms with Crippen LogP contribution in [0.3, 0.4) is 0 Å². The number of hydrogen-bond donors (Lipinski definition) is 2. The molecule has 0 aliphatic heterocycles. The van der Waals surface area contributed by atoms with Crippen LogP contribution in [-0.4, -0.2) is 15.7 Å². The molecule has 5 rings (SSSR count). The Hall–Kier alpha value is -5.17. The van der Waals surface area contributed by atoms with Gasteiger partial charge in [-0.1, -0.05) is 84.9 Å². The summed E-state index contributed by atoms with van der Waals surface area (Å²) in [6.07, 6.45) is 1.52. The van der Waals surface area contributed by atoms with Crippen LogP contribution in [0.1, 0.15) is 21.5 Å². The van der Waals surface area contributed by atoms with Crippen molar-refractivity contribution in [1.82, 2.24) is 15.1 Å². The van der Waals surface area contributed by atoms with E-state index < -0.39 is 0 Å². The molecule has 0 spiro atoms. The van der Waals surface area contributed by atoms with Crippen molar-refractivity contribution < 1.29 is 9.53 Å². The lowest BCUT2D eigenvalue weighted by molar-refractivity contribution is 0.0951. The molecule has 0 radical (unpaired) electrons. The van der Waals surface area contributed by atoms with Gasteiger partial charge in [0.2, 0.25) is 0 Å². The molecule has 188 valence electrons. The Kier molecular flexibility index (Phi) is 7.56. The lowest BCUT2D eigenvalue weighted by Gasteiger charge is -2.15. The smallest absolute Gasteiger partial charge is 0.294 e. The number of nitrogens with one attached hydrogen (secondary N) is 2. The third-order valence-corrected chi connectivity index (χ3v) is 5.85. The van der Waals surface area contributed by atoms with Crippen LogP contribution in [0.2, 0.25) is 0 Å². The normalized spacial score (nSPS) is 10.5. The van der Waals surface area contributed by atoms with Crippen molar-refractivity contribution in [3.63, 3.8) is 0 Å². The fourth-order valence-electron chi connectivity index (χ4n) is 3.91. The second-order valence-electron chi connectivity index (χ2n) is 8.62. The Morgan fingerprint density at radius 3 is 2.16 bits per heavy atom. The molecule has 38 heavy (non-hydrogen) atoms. The van der Waals surface area contributed by atoms with Crippen LogP contribution in [-0.2, 0) is 13.1 Å². The first-order valence-electron chi connectivity index (χ1n) is 12.2. The SMILES string of the molecule is O=C(NCc1ccccc1)c1cccc(Nc2c(Oc3ccccc3)cnn(Cc3ccccc3)c2=O)c1. The summed E-state index contributed by atoms with van der Waals surface area (Å²) in [6, 6.07) is 35.5. The van der Waals surface area contributed by atoms with E-state index in [-0.39, 0.29) is 22.9 Å². The minimum absolute atomic E-state index is 0.213. The number of benzene rings is 4. The van der Waals surface area contributed by atoms with Crippen LogP contribution >= 0.6 is 0 Å². The van der Waals surface area contributed by atoms with Gasteiger partial charge in [0, 0.05) is 17.8 Å². The fourth-order valence-corrected chi connectivity index (χ4v) is 3.91. The zero-order valence-electron chi connectivity index (χ0n) is 20.6. The van der Waals surface area contributed by atoms with Crippen molar-refractivity contribution in [2.24, 2.45) is 0 Å². The summed E-state index contributed by atoms with van der Waals surface area (Å²) < 4.78 is 7.40. The molecule has 0 unspecified atom stereocenters. The van der Waals surface area contributed by atoms with E-state index in [0.717, 1.165) is 11.1 Å². The van der Waals surface area contributed by atoms with Gasteiger partial charge in [0.25, 0.3) is 11.5 Å². The van der Waals surface area contributed by atoms with E-state index >= 15 is 0 Å². The number of hydrogen-bond acceptors (Lipinski definition) is 5. The number of ether oxygens (including phenoxy) is 1. The van der Waals surface area contributed by atoms with E-state index in [2.05, 4.69) is 15.7 Å². The average molecular weight is 503 g/mol. The van der Waals surface area contributed by atoms with Crippen LogP contribution < -0.4 is 20.9 Å². The van der Waals surface area contributed by atoms with Gasteiger partial charge < -0.3 is 15.4 Å². The second-order valence-corrected chi connectivity index (χ2v) is 8.62. The molecule has 4 aromatic carbocycles. The minimum Gasteiger partial charge on any atom is -0.453 e. The predicted molar refractivity (Wildman–Crippen MR) is 148 cm³/mol. The van der Waals surface area contributed by atoms with Crippen molar-refractivity contribution in [1.29, 1.82) is 0 Å². The van der Waals surface area contributed by atoms with Gasteiger partial charge in [-0.15, -0.1) is 0 Å². The molecule has 0 saturated heterocycles. The molecule has 7 heteroatoms. The van der Waals surface area contributed by atoms with Gasteiger partial charge in [-0.3, -0.25) is 9.59 Å². The van der Waals surface area contributed by atoms with Crippen LogP contribution in [0.15, 0.2) is 126 Å². The van der Waals surface area contributed by atoms with Crippen LogP contribution in [0.4, 0.5) is 11.4 Å². The molecule has 2 N–H and O–H groups in total. The van der Waals surface area contributed by atoms with Gasteiger partial charge in [0.05, 0.1) is 12.7 Å². The maximum absolute atomic E-state index is 13.5. The highest BCUT2D eigenvalue weighted by atomic mass is 16.5. The lowest BCUT2D eigenvalue weighted by Crippen LogP contribution is -2.26. The highest BCUT2D eigenvalue weighted by Crippen LogP contribution is 2.28. The number of aromatic nitrogens is 2. The van der Waals surface area contributed by atoms with E-state index in [1.807, 2.05) is 78.9 Å². The predicted octanol–water partition coefficient (Wildman–Crippen LogP) is 5.76. The molecule has 1 amide bonds. The number of nitrogens with zero attached hydrogens (tertiary/aromatic N) is 2. The van der Waals surface area contributed by atoms with Gasteiger partial charge >= 0.3 is 0 Å². The third kappa shape index (κ3) is 6.14. The first-order chi connectivity index (χ1) is 18.7. The molecule has 5 aromatic rings. The lowest BCUT2D eigenvalue weighted by atomic mass is 10.1. The van der Waals surface area contributed by atoms with Crippen LogP contribution in [0, 0.1) is 0 Å². The summed E-state index contributed by atoms with van der Waals surface area (Å²) in [7, 11) is 0. The van der Waals surface area contributed by atoms with Gasteiger partial charge in [0.15, 0.2) is 11.4 Å². The van der Waals surface area contributed by atoms with Gasteiger partial charge in [-0.2, -0.15) is 5.10 Å². The van der Waals surface area contributed by atoms with Crippen molar-refractivity contribution in [2.45, 2.75) is 13.1 Å². The first-order valence-corrected chi connectivity index (χ1v) is 12.2. The zero-order chi connectivity index (χ0) is 26.2. The maximum Gasteiger partial charge on any atom is 0.294 e. The number of carbonyl (C=O) groups excluding carboxylic acids is 1. The summed E-state index contributed by atoms with van der Waals surface area (Å²) in [6.45, 7) is 0.725. The highest BCUT2D eigenvalue weighted by molar-refractivity contribution is 5.95. The number of carbonyl (C=O) groups is 1. The summed E-state index contributed by atoms with van der Waals surface area (Å²) in [5.41, 5.74) is 2.87. The fraction of sp³-hybridized carbons (Fsp3) is 0.0645. The Morgan fingerprint density at radius 1 is 0.789 bits per heavy atom. The van der Waals surface area contributed by atoms with E-state index in [9.17, 15) is 9.59 Å². The largest absolute Gasteiger partial charge is 0.453 e. The monoisotopic (exact) mass is 502 g/mol. The minimum atomic E-state index is -0.346. The summed E-state index contributed by atoms with van der Waals surface area (Å²) in [5.74, 6) is 0.644. The topological polar surface area (TPSA) is 85.2 Å². The summed E-state index contributed by atoms with van der Waals surface area (Å²) >= 11 is 0. The van der Waals surface area contributed by atoms with Crippen molar-refractivity contribution >= 4 is 17.3 Å². The molecule has 0 bridgehead atoms. The van der Waals surface area contributed by atoms with Gasteiger partial charge in [-0.05, 0) is 41.5 Å². The average Bonchev–Trinajstić information content (AvgIpc) is 2.97. The quantitative estimate of drug-likeness (QED) is 0.268. The number of amides is 1. The zero-order valence-corrected chi connectivity index (χ0v) is 20.6. The molecule has 7 nitrogen and oxygen atoms in total. The van der Waals surface area contributed by atoms with Crippen molar-refractivity contribution in [3.05, 3.63) is 149 Å². The van der Waals surface area contributed by atoms with E-state index in [4.69, 9.17) is 4.74 Å². The van der Waals surface area contributed by atoms with Gasteiger partial charge in [0.1, 0.15) is 5.75 Å². The molecule has 0 atom stereocenters. The number of para-hydroxylation sites is 1. The Morgan fingerprint density at radius 2 is 1.45 bits per heavy atom. The molecule has 0 fully saturated rings. The van der Waals surface area contributed by atoms with Crippen molar-refractivity contribution in [3.8, 4) is 11.5 Å². The standard InChI is InChI=1S/C31H26N4O3/c36-30(32-20-23-11-4-1-5-12-23)25-15-10-16-26(19-25)34-29-28(38-27-17-8-3-9-18-27)21-33-35(31(29)37)22-24-13-6-2-7-14-24/h1-19,21,34H,20,22H2,(H,32,36). The number of rotatable bonds is 9. The van der Waals surface area contributed by atoms with E-state index in [1.165, 1.54) is 10.9 Å². The van der Waals surface area contributed by atoms with E-state index in [0.29, 0.717) is 30.1 Å². The molecule has 0 aliphatic carbocycles. The summed E-state index contributed by atoms with van der Waals surface area (Å²) in [4.78, 5) is 26.4. The Labute approximate surface area is 220 Å². The van der Waals surface area contributed by atoms with Crippen molar-refractivity contribution in [2.75, 3.05) is 5.32 Å². The second kappa shape index (κ2) is 11.7. The molecule has 0 saturated carbocycles. The molecular formula is C31H26N4O3. The first kappa shape index (κ1) is 24.5. The highest BCUT2D eigenvalue weighted by Gasteiger charge is 2.16. The number of anilines is 2. The third-order valence-electron chi connectivity index (χ3n) is 5.85. The van der Waals surface area contributed by atoms with Gasteiger partial charge in [-0.25, -0.2) is 4.68 Å². The molecule has 1 aromatic heterocycles. The maximum atomic E-state index is 13.5. The van der Waals surface area contributed by atoms with E-state index in [1.54, 1.807) is 36.4 Å².